The van der Waals surface area contributed by atoms with Crippen molar-refractivity contribution in [2.45, 2.75) is 24.0 Å². The zero-order valence-electron chi connectivity index (χ0n) is 8.70. The lowest BCUT2D eigenvalue weighted by Gasteiger charge is -2.23. The Hall–Kier alpha value is -1.05. The molecule has 4 N–H and O–H groups in total. The highest BCUT2D eigenvalue weighted by molar-refractivity contribution is 7.99. The third-order valence-electron chi connectivity index (χ3n) is 2.58. The van der Waals surface area contributed by atoms with Gasteiger partial charge in [0.05, 0.1) is 5.60 Å². The molecule has 0 aromatic carbocycles. The Morgan fingerprint density at radius 2 is 2.44 bits per heavy atom. The van der Waals surface area contributed by atoms with Gasteiger partial charge in [0.25, 0.3) is 0 Å². The minimum absolute atomic E-state index is 0.144. The van der Waals surface area contributed by atoms with Gasteiger partial charge in [0, 0.05) is 11.9 Å². The Kier molecular flexibility index (Phi) is 2.69. The summed E-state index contributed by atoms with van der Waals surface area (Å²) in [5.41, 5.74) is 3.67. The SMILES string of the molecule is C[C@@]1(O)CS[C@@H](n2ccc(N)nc2=O)[C@@H]1O. The molecule has 1 aromatic heterocycles. The molecule has 1 saturated heterocycles. The van der Waals surface area contributed by atoms with Crippen LogP contribution in [0.5, 0.6) is 0 Å². The van der Waals surface area contributed by atoms with E-state index >= 15 is 0 Å². The number of aliphatic hydroxyl groups excluding tert-OH is 1. The van der Waals surface area contributed by atoms with Gasteiger partial charge in [0.15, 0.2) is 0 Å². The maximum absolute atomic E-state index is 11.5. The van der Waals surface area contributed by atoms with Gasteiger partial charge in [-0.3, -0.25) is 4.57 Å². The number of thioether (sulfide) groups is 1. The van der Waals surface area contributed by atoms with Crippen LogP contribution in [0.1, 0.15) is 12.3 Å². The first-order chi connectivity index (χ1) is 7.42. The van der Waals surface area contributed by atoms with E-state index in [9.17, 15) is 15.0 Å². The molecule has 16 heavy (non-hydrogen) atoms. The van der Waals surface area contributed by atoms with Crippen molar-refractivity contribution in [1.82, 2.24) is 9.55 Å². The number of anilines is 1. The Labute approximate surface area is 96.1 Å². The maximum Gasteiger partial charge on any atom is 0.350 e. The van der Waals surface area contributed by atoms with E-state index < -0.39 is 22.8 Å². The third kappa shape index (κ3) is 1.81. The van der Waals surface area contributed by atoms with E-state index in [0.29, 0.717) is 5.75 Å². The first-order valence-electron chi connectivity index (χ1n) is 4.78. The monoisotopic (exact) mass is 243 g/mol. The summed E-state index contributed by atoms with van der Waals surface area (Å²) in [5.74, 6) is 0.515. The number of hydrogen-bond acceptors (Lipinski definition) is 6. The lowest BCUT2D eigenvalue weighted by atomic mass is 10.0. The summed E-state index contributed by atoms with van der Waals surface area (Å²) in [6, 6.07) is 1.49. The molecule has 1 aromatic rings. The summed E-state index contributed by atoms with van der Waals surface area (Å²) in [6.07, 6.45) is 0.480. The summed E-state index contributed by atoms with van der Waals surface area (Å²) < 4.78 is 1.28. The van der Waals surface area contributed by atoms with E-state index in [1.54, 1.807) is 6.92 Å². The first kappa shape index (κ1) is 11.4. The summed E-state index contributed by atoms with van der Waals surface area (Å²) in [7, 11) is 0. The molecular formula is C9H13N3O3S. The molecule has 3 atom stereocenters. The number of nitrogens with two attached hydrogens (primary N) is 1. The topological polar surface area (TPSA) is 101 Å². The van der Waals surface area contributed by atoms with Gasteiger partial charge in [-0.25, -0.2) is 4.79 Å². The quantitative estimate of drug-likeness (QED) is 0.596. The van der Waals surface area contributed by atoms with E-state index in [0.717, 1.165) is 0 Å². The Morgan fingerprint density at radius 1 is 1.75 bits per heavy atom. The minimum Gasteiger partial charge on any atom is -0.387 e. The number of nitrogen functional groups attached to an aromatic ring is 1. The number of hydrogen-bond donors (Lipinski definition) is 3. The normalized spacial score (nSPS) is 34.2. The number of aliphatic hydroxyl groups is 2. The van der Waals surface area contributed by atoms with Crippen LogP contribution in [-0.4, -0.2) is 37.2 Å². The van der Waals surface area contributed by atoms with Crippen LogP contribution in [0.4, 0.5) is 5.82 Å². The third-order valence-corrected chi connectivity index (χ3v) is 4.16. The second kappa shape index (κ2) is 3.76. The lowest BCUT2D eigenvalue weighted by molar-refractivity contribution is -0.0445. The van der Waals surface area contributed by atoms with Crippen LogP contribution in [0.2, 0.25) is 0 Å². The van der Waals surface area contributed by atoms with Gasteiger partial charge >= 0.3 is 5.69 Å². The van der Waals surface area contributed by atoms with Gasteiger partial charge in [-0.05, 0) is 13.0 Å². The summed E-state index contributed by atoms with van der Waals surface area (Å²) >= 11 is 1.31. The van der Waals surface area contributed by atoms with Gasteiger partial charge in [-0.2, -0.15) is 4.98 Å². The van der Waals surface area contributed by atoms with Crippen molar-refractivity contribution in [2.75, 3.05) is 11.5 Å². The van der Waals surface area contributed by atoms with Crippen LogP contribution < -0.4 is 11.4 Å². The summed E-state index contributed by atoms with van der Waals surface area (Å²) in [5, 5.41) is 19.2. The highest BCUT2D eigenvalue weighted by Gasteiger charge is 2.44. The molecule has 1 fully saturated rings. The van der Waals surface area contributed by atoms with Gasteiger partial charge in [0.1, 0.15) is 17.3 Å². The van der Waals surface area contributed by atoms with Gasteiger partial charge in [-0.1, -0.05) is 0 Å². The van der Waals surface area contributed by atoms with E-state index in [2.05, 4.69) is 4.98 Å². The molecule has 0 saturated carbocycles. The van der Waals surface area contributed by atoms with Crippen molar-refractivity contribution < 1.29 is 10.2 Å². The Morgan fingerprint density at radius 3 is 2.94 bits per heavy atom. The number of nitrogens with zero attached hydrogens (tertiary/aromatic N) is 2. The fourth-order valence-electron chi connectivity index (χ4n) is 1.59. The standard InChI is InChI=1S/C9H13N3O3S/c1-9(15)4-16-7(6(9)13)12-3-2-5(10)11-8(12)14/h2-3,6-7,13,15H,4H2,1H3,(H2,10,11,14)/t6-,7+,9+/m0/s1. The summed E-state index contributed by atoms with van der Waals surface area (Å²) in [4.78, 5) is 15.1. The van der Waals surface area contributed by atoms with Gasteiger partial charge in [0.2, 0.25) is 0 Å². The van der Waals surface area contributed by atoms with Crippen molar-refractivity contribution in [3.05, 3.63) is 22.7 Å². The second-order valence-corrected chi connectivity index (χ2v) is 5.15. The molecule has 0 unspecified atom stereocenters. The highest BCUT2D eigenvalue weighted by atomic mass is 32.2. The largest absolute Gasteiger partial charge is 0.387 e. The zero-order valence-corrected chi connectivity index (χ0v) is 9.52. The molecule has 7 heteroatoms. The van der Waals surface area contributed by atoms with E-state index in [4.69, 9.17) is 5.73 Å². The molecule has 1 aliphatic rings. The maximum atomic E-state index is 11.5. The van der Waals surface area contributed by atoms with Crippen molar-refractivity contribution >= 4 is 17.6 Å². The molecule has 88 valence electrons. The average molecular weight is 243 g/mol. The van der Waals surface area contributed by atoms with Crippen molar-refractivity contribution in [1.29, 1.82) is 0 Å². The molecule has 0 amide bonds. The van der Waals surface area contributed by atoms with Gasteiger partial charge in [-0.15, -0.1) is 11.8 Å². The first-order valence-corrected chi connectivity index (χ1v) is 5.83. The molecule has 0 radical (unpaired) electrons. The van der Waals surface area contributed by atoms with Crippen LogP contribution in [0, 0.1) is 0 Å². The average Bonchev–Trinajstić information content (AvgIpc) is 2.44. The van der Waals surface area contributed by atoms with Crippen LogP contribution in [-0.2, 0) is 0 Å². The molecule has 0 bridgehead atoms. The Bertz CT molecular complexity index is 460. The Balaban J connectivity index is 2.36. The minimum atomic E-state index is -1.18. The number of aromatic nitrogens is 2. The van der Waals surface area contributed by atoms with E-state index in [1.807, 2.05) is 0 Å². The smallest absolute Gasteiger partial charge is 0.350 e. The van der Waals surface area contributed by atoms with E-state index in [-0.39, 0.29) is 5.82 Å². The molecule has 1 aliphatic heterocycles. The molecule has 6 nitrogen and oxygen atoms in total. The molecular weight excluding hydrogens is 230 g/mol. The van der Waals surface area contributed by atoms with Crippen LogP contribution in [0.25, 0.3) is 0 Å². The fraction of sp³-hybridized carbons (Fsp3) is 0.556. The second-order valence-electron chi connectivity index (χ2n) is 4.05. The molecule has 2 rings (SSSR count). The van der Waals surface area contributed by atoms with Crippen molar-refractivity contribution in [3.8, 4) is 0 Å². The molecule has 0 spiro atoms. The number of rotatable bonds is 1. The van der Waals surface area contributed by atoms with Crippen molar-refractivity contribution in [3.63, 3.8) is 0 Å². The zero-order chi connectivity index (χ0) is 11.9. The van der Waals surface area contributed by atoms with E-state index in [1.165, 1.54) is 28.6 Å². The van der Waals surface area contributed by atoms with Crippen LogP contribution in [0.3, 0.4) is 0 Å². The highest BCUT2D eigenvalue weighted by Crippen LogP contribution is 2.41. The lowest BCUT2D eigenvalue weighted by Crippen LogP contribution is -2.41. The summed E-state index contributed by atoms with van der Waals surface area (Å²) in [6.45, 7) is 1.54. The predicted molar refractivity (Wildman–Crippen MR) is 61.0 cm³/mol. The molecule has 2 heterocycles. The van der Waals surface area contributed by atoms with Crippen molar-refractivity contribution in [2.24, 2.45) is 0 Å². The van der Waals surface area contributed by atoms with Gasteiger partial charge < -0.3 is 15.9 Å². The molecule has 0 aliphatic carbocycles. The predicted octanol–water partition coefficient (Wildman–Crippen LogP) is -0.817. The fourth-order valence-corrected chi connectivity index (χ4v) is 3.07. The van der Waals surface area contributed by atoms with Crippen LogP contribution in [0.15, 0.2) is 17.1 Å². The van der Waals surface area contributed by atoms with Crippen LogP contribution >= 0.6 is 11.8 Å².